The molecule has 1 heterocycles. The minimum Gasteiger partial charge on any atom is -0.465 e. The molecule has 0 atom stereocenters. The van der Waals surface area contributed by atoms with E-state index < -0.39 is 5.97 Å². The number of esters is 1. The van der Waals surface area contributed by atoms with E-state index in [0.717, 1.165) is 16.0 Å². The van der Waals surface area contributed by atoms with Crippen LogP contribution in [0.25, 0.3) is 10.2 Å². The summed E-state index contributed by atoms with van der Waals surface area (Å²) in [5.74, 6) is 0.571. The third-order valence-corrected chi connectivity index (χ3v) is 5.73. The second-order valence-electron chi connectivity index (χ2n) is 6.81. The zero-order valence-corrected chi connectivity index (χ0v) is 18.2. The van der Waals surface area contributed by atoms with Gasteiger partial charge in [-0.1, -0.05) is 35.6 Å². The van der Waals surface area contributed by atoms with Gasteiger partial charge in [0.05, 0.1) is 22.9 Å². The van der Waals surface area contributed by atoms with Gasteiger partial charge in [0.15, 0.2) is 4.80 Å². The number of fused-ring (bicyclic) bond motifs is 1. The SMILES string of the molecule is C=CCn1c(=NC(=O)c2ccc(Oc3ccccc3)cc2)sc2cc(C(=O)OC)ccc21. The number of carbonyl (C=O) groups is 2. The van der Waals surface area contributed by atoms with Crippen LogP contribution >= 0.6 is 11.3 Å². The molecule has 0 aliphatic heterocycles. The first-order valence-electron chi connectivity index (χ1n) is 9.83. The lowest BCUT2D eigenvalue weighted by Crippen LogP contribution is -2.16. The van der Waals surface area contributed by atoms with Gasteiger partial charge in [-0.25, -0.2) is 4.79 Å². The van der Waals surface area contributed by atoms with Crippen LogP contribution < -0.4 is 9.54 Å². The molecule has 6 nitrogen and oxygen atoms in total. The fraction of sp³-hybridized carbons (Fsp3) is 0.0800. The number of benzene rings is 3. The van der Waals surface area contributed by atoms with Crippen molar-refractivity contribution < 1.29 is 19.1 Å². The summed E-state index contributed by atoms with van der Waals surface area (Å²) >= 11 is 1.33. The topological polar surface area (TPSA) is 69.9 Å². The normalized spacial score (nSPS) is 11.3. The maximum atomic E-state index is 12.8. The van der Waals surface area contributed by atoms with Crippen LogP contribution in [-0.2, 0) is 11.3 Å². The molecule has 0 fully saturated rings. The first-order chi connectivity index (χ1) is 15.6. The first-order valence-corrected chi connectivity index (χ1v) is 10.7. The van der Waals surface area contributed by atoms with Gasteiger partial charge in [0.1, 0.15) is 11.5 Å². The van der Waals surface area contributed by atoms with E-state index in [4.69, 9.17) is 9.47 Å². The molecule has 4 aromatic rings. The van der Waals surface area contributed by atoms with Gasteiger partial charge in [-0.2, -0.15) is 4.99 Å². The molecule has 0 aliphatic carbocycles. The van der Waals surface area contributed by atoms with Crippen LogP contribution in [-0.4, -0.2) is 23.6 Å². The van der Waals surface area contributed by atoms with Gasteiger partial charge in [-0.15, -0.1) is 6.58 Å². The van der Waals surface area contributed by atoms with Crippen LogP contribution in [0.1, 0.15) is 20.7 Å². The molecule has 160 valence electrons. The summed E-state index contributed by atoms with van der Waals surface area (Å²) in [6.45, 7) is 4.27. The Balaban J connectivity index is 1.65. The van der Waals surface area contributed by atoms with Crippen LogP contribution in [0.4, 0.5) is 0 Å². The molecule has 3 aromatic carbocycles. The summed E-state index contributed by atoms with van der Waals surface area (Å²) in [7, 11) is 1.34. The van der Waals surface area contributed by atoms with Gasteiger partial charge in [0, 0.05) is 12.1 Å². The monoisotopic (exact) mass is 444 g/mol. The smallest absolute Gasteiger partial charge is 0.337 e. The van der Waals surface area contributed by atoms with Crippen LogP contribution in [0, 0.1) is 0 Å². The van der Waals surface area contributed by atoms with Crippen molar-refractivity contribution in [1.82, 2.24) is 4.57 Å². The van der Waals surface area contributed by atoms with Crippen LogP contribution in [0.2, 0.25) is 0 Å². The summed E-state index contributed by atoms with van der Waals surface area (Å²) < 4.78 is 13.3. The number of allylic oxidation sites excluding steroid dienone is 1. The fourth-order valence-electron chi connectivity index (χ4n) is 3.15. The highest BCUT2D eigenvalue weighted by Gasteiger charge is 2.12. The zero-order valence-electron chi connectivity index (χ0n) is 17.4. The first kappa shape index (κ1) is 21.3. The van der Waals surface area contributed by atoms with Crippen molar-refractivity contribution in [3.63, 3.8) is 0 Å². The predicted octanol–water partition coefficient (Wildman–Crippen LogP) is 5.21. The van der Waals surface area contributed by atoms with Crippen LogP contribution in [0.15, 0.2) is 90.4 Å². The molecule has 0 unspecified atom stereocenters. The number of carbonyl (C=O) groups excluding carboxylic acids is 2. The lowest BCUT2D eigenvalue weighted by atomic mass is 10.2. The molecule has 0 aliphatic rings. The highest BCUT2D eigenvalue weighted by Crippen LogP contribution is 2.22. The summed E-state index contributed by atoms with van der Waals surface area (Å²) in [5, 5.41) is 0. The van der Waals surface area contributed by atoms with Crippen LogP contribution in [0.3, 0.4) is 0 Å². The summed E-state index contributed by atoms with van der Waals surface area (Å²) in [4.78, 5) is 29.5. The Morgan fingerprint density at radius 3 is 2.38 bits per heavy atom. The number of hydrogen-bond acceptors (Lipinski definition) is 5. The van der Waals surface area contributed by atoms with Gasteiger partial charge in [0.2, 0.25) is 0 Å². The Bertz CT molecular complexity index is 1350. The minimum absolute atomic E-state index is 0.367. The number of aromatic nitrogens is 1. The fourth-order valence-corrected chi connectivity index (χ4v) is 4.23. The quantitative estimate of drug-likeness (QED) is 0.302. The molecule has 1 amide bonds. The molecule has 0 spiro atoms. The molecular formula is C25H20N2O4S. The molecule has 4 rings (SSSR count). The molecule has 0 saturated carbocycles. The number of methoxy groups -OCH3 is 1. The zero-order chi connectivity index (χ0) is 22.5. The Morgan fingerprint density at radius 2 is 1.69 bits per heavy atom. The van der Waals surface area contributed by atoms with E-state index in [1.54, 1.807) is 42.5 Å². The predicted molar refractivity (Wildman–Crippen MR) is 124 cm³/mol. The van der Waals surface area contributed by atoms with Gasteiger partial charge < -0.3 is 14.0 Å². The van der Waals surface area contributed by atoms with E-state index in [-0.39, 0.29) is 5.91 Å². The van der Waals surface area contributed by atoms with E-state index in [1.165, 1.54) is 18.4 Å². The molecule has 7 heteroatoms. The van der Waals surface area contributed by atoms with E-state index in [1.807, 2.05) is 41.0 Å². The van der Waals surface area contributed by atoms with Gasteiger partial charge in [-0.3, -0.25) is 4.79 Å². The highest BCUT2D eigenvalue weighted by molar-refractivity contribution is 7.16. The molecular weight excluding hydrogens is 424 g/mol. The maximum Gasteiger partial charge on any atom is 0.337 e. The van der Waals surface area contributed by atoms with E-state index in [0.29, 0.717) is 28.2 Å². The van der Waals surface area contributed by atoms with E-state index in [9.17, 15) is 9.59 Å². The molecule has 0 radical (unpaired) electrons. The standard InChI is InChI=1S/C25H20N2O4S/c1-3-15-27-21-14-11-18(24(29)30-2)16-22(21)32-25(27)26-23(28)17-9-12-20(13-10-17)31-19-7-5-4-6-8-19/h3-14,16H,1,15H2,2H3. The van der Waals surface area contributed by atoms with Gasteiger partial charge in [0.25, 0.3) is 5.91 Å². The summed E-state index contributed by atoms with van der Waals surface area (Å²) in [6, 6.07) is 21.5. The average molecular weight is 445 g/mol. The lowest BCUT2D eigenvalue weighted by Gasteiger charge is -2.05. The molecule has 1 aromatic heterocycles. The van der Waals surface area contributed by atoms with E-state index >= 15 is 0 Å². The summed E-state index contributed by atoms with van der Waals surface area (Å²) in [6.07, 6.45) is 1.74. The van der Waals surface area contributed by atoms with Gasteiger partial charge in [-0.05, 0) is 54.6 Å². The van der Waals surface area contributed by atoms with Crippen molar-refractivity contribution in [3.05, 3.63) is 101 Å². The Kier molecular flexibility index (Phi) is 6.28. The summed E-state index contributed by atoms with van der Waals surface area (Å²) in [5.41, 5.74) is 1.75. The Morgan fingerprint density at radius 1 is 1.00 bits per heavy atom. The molecule has 32 heavy (non-hydrogen) atoms. The number of amides is 1. The van der Waals surface area contributed by atoms with Crippen molar-refractivity contribution in [2.45, 2.75) is 6.54 Å². The molecule has 0 saturated heterocycles. The molecule has 0 bridgehead atoms. The second kappa shape index (κ2) is 9.45. The number of thiazole rings is 1. The number of nitrogens with zero attached hydrogens (tertiary/aromatic N) is 2. The molecule has 0 N–H and O–H groups in total. The lowest BCUT2D eigenvalue weighted by molar-refractivity contribution is 0.0600. The van der Waals surface area contributed by atoms with E-state index in [2.05, 4.69) is 11.6 Å². The minimum atomic E-state index is -0.414. The largest absolute Gasteiger partial charge is 0.465 e. The number of para-hydroxylation sites is 1. The average Bonchev–Trinajstić information content (AvgIpc) is 3.16. The van der Waals surface area contributed by atoms with Crippen LogP contribution in [0.5, 0.6) is 11.5 Å². The second-order valence-corrected chi connectivity index (χ2v) is 7.82. The van der Waals surface area contributed by atoms with Gasteiger partial charge >= 0.3 is 5.97 Å². The van der Waals surface area contributed by atoms with Crippen molar-refractivity contribution in [1.29, 1.82) is 0 Å². The third kappa shape index (κ3) is 4.53. The van der Waals surface area contributed by atoms with Crippen molar-refractivity contribution in [3.8, 4) is 11.5 Å². The van der Waals surface area contributed by atoms with Crippen molar-refractivity contribution >= 4 is 33.4 Å². The highest BCUT2D eigenvalue weighted by atomic mass is 32.1. The number of rotatable bonds is 6. The third-order valence-electron chi connectivity index (χ3n) is 4.69. The Labute approximate surface area is 188 Å². The maximum absolute atomic E-state index is 12.8. The number of hydrogen-bond donors (Lipinski definition) is 0. The van der Waals surface area contributed by atoms with Crippen molar-refractivity contribution in [2.75, 3.05) is 7.11 Å². The number of ether oxygens (including phenoxy) is 2. The Hall–Kier alpha value is -3.97. The van der Waals surface area contributed by atoms with Crippen molar-refractivity contribution in [2.24, 2.45) is 4.99 Å².